The lowest BCUT2D eigenvalue weighted by Crippen LogP contribution is -2.16. The molecule has 0 unspecified atom stereocenters. The molecule has 0 atom stereocenters. The number of halogens is 1. The van der Waals surface area contributed by atoms with Crippen molar-refractivity contribution >= 4 is 16.7 Å². The number of para-hydroxylation sites is 1. The summed E-state index contributed by atoms with van der Waals surface area (Å²) in [7, 11) is 0. The minimum atomic E-state index is -0.229. The quantitative estimate of drug-likeness (QED) is 0.574. The van der Waals surface area contributed by atoms with E-state index in [1.807, 2.05) is 36.5 Å². The fraction of sp³-hybridized carbons (Fsp3) is 0.227. The molecule has 0 aliphatic heterocycles. The van der Waals surface area contributed by atoms with Gasteiger partial charge in [-0.25, -0.2) is 9.37 Å². The Labute approximate surface area is 162 Å². The van der Waals surface area contributed by atoms with Gasteiger partial charge in [-0.2, -0.15) is 14.8 Å². The van der Waals surface area contributed by atoms with Crippen LogP contribution < -0.4 is 5.32 Å². The van der Waals surface area contributed by atoms with Crippen LogP contribution in [-0.4, -0.2) is 19.7 Å². The van der Waals surface area contributed by atoms with Crippen LogP contribution in [0, 0.1) is 5.82 Å². The van der Waals surface area contributed by atoms with Crippen molar-refractivity contribution in [3.8, 4) is 5.95 Å². The van der Waals surface area contributed by atoms with E-state index in [-0.39, 0.29) is 5.82 Å². The second kappa shape index (κ2) is 7.03. The number of benzene rings is 2. The lowest BCUT2D eigenvalue weighted by Gasteiger charge is -2.20. The van der Waals surface area contributed by atoms with Crippen LogP contribution in [0.5, 0.6) is 0 Å². The highest BCUT2D eigenvalue weighted by atomic mass is 19.1. The Morgan fingerprint density at radius 1 is 1.00 bits per heavy atom. The van der Waals surface area contributed by atoms with Crippen molar-refractivity contribution in [1.82, 2.24) is 19.7 Å². The number of rotatable bonds is 4. The average molecular weight is 373 g/mol. The molecule has 0 radical (unpaired) electrons. The summed E-state index contributed by atoms with van der Waals surface area (Å²) in [6.45, 7) is 0.514. The van der Waals surface area contributed by atoms with E-state index in [4.69, 9.17) is 9.97 Å². The average Bonchev–Trinajstić information content (AvgIpc) is 3.16. The lowest BCUT2D eigenvalue weighted by molar-refractivity contribution is 0.625. The molecule has 0 saturated carbocycles. The highest BCUT2D eigenvalue weighted by Gasteiger charge is 2.19. The highest BCUT2D eigenvalue weighted by Crippen LogP contribution is 2.27. The predicted molar refractivity (Wildman–Crippen MR) is 107 cm³/mol. The minimum absolute atomic E-state index is 0.229. The number of aromatic nitrogens is 4. The second-order valence-corrected chi connectivity index (χ2v) is 7.10. The lowest BCUT2D eigenvalue weighted by atomic mass is 9.96. The van der Waals surface area contributed by atoms with E-state index in [1.165, 1.54) is 11.6 Å². The molecule has 5 rings (SSSR count). The zero-order chi connectivity index (χ0) is 18.9. The van der Waals surface area contributed by atoms with Crippen molar-refractivity contribution in [1.29, 1.82) is 0 Å². The molecule has 6 heteroatoms. The first kappa shape index (κ1) is 16.9. The van der Waals surface area contributed by atoms with Crippen LogP contribution in [-0.2, 0) is 19.4 Å². The van der Waals surface area contributed by atoms with Gasteiger partial charge in [-0.15, -0.1) is 0 Å². The zero-order valence-electron chi connectivity index (χ0n) is 15.4. The van der Waals surface area contributed by atoms with Gasteiger partial charge in [-0.05, 0) is 49.4 Å². The van der Waals surface area contributed by atoms with Gasteiger partial charge < -0.3 is 5.32 Å². The summed E-state index contributed by atoms with van der Waals surface area (Å²) in [5, 5.41) is 8.96. The minimum Gasteiger partial charge on any atom is -0.366 e. The monoisotopic (exact) mass is 373 g/mol. The Morgan fingerprint density at radius 3 is 2.82 bits per heavy atom. The maximum Gasteiger partial charge on any atom is 0.253 e. The summed E-state index contributed by atoms with van der Waals surface area (Å²) in [6, 6.07) is 14.7. The van der Waals surface area contributed by atoms with Gasteiger partial charge in [-0.3, -0.25) is 0 Å². The Balaban J connectivity index is 1.55. The molecule has 1 aliphatic rings. The summed E-state index contributed by atoms with van der Waals surface area (Å²) < 4.78 is 15.3. The van der Waals surface area contributed by atoms with Gasteiger partial charge in [0.15, 0.2) is 0 Å². The molecule has 5 nitrogen and oxygen atoms in total. The van der Waals surface area contributed by atoms with Gasteiger partial charge in [0, 0.05) is 17.5 Å². The van der Waals surface area contributed by atoms with Crippen LogP contribution >= 0.6 is 0 Å². The second-order valence-electron chi connectivity index (χ2n) is 7.10. The van der Waals surface area contributed by atoms with Crippen molar-refractivity contribution in [3.63, 3.8) is 0 Å². The number of nitrogens with zero attached hydrogens (tertiary/aromatic N) is 4. The van der Waals surface area contributed by atoms with Crippen LogP contribution in [0.1, 0.15) is 29.7 Å². The van der Waals surface area contributed by atoms with Crippen LogP contribution in [0.4, 0.5) is 10.2 Å². The number of aryl methyl sites for hydroxylation is 1. The van der Waals surface area contributed by atoms with E-state index in [0.717, 1.165) is 53.7 Å². The van der Waals surface area contributed by atoms with Crippen LogP contribution in [0.25, 0.3) is 16.9 Å². The third-order valence-corrected chi connectivity index (χ3v) is 5.19. The fourth-order valence-corrected chi connectivity index (χ4v) is 3.79. The standard InChI is InChI=1S/C22H20FN5/c23-17-8-5-6-15(12-17)13-24-21-18-9-2-3-10-19(18)26-22(27-21)28-20-11-4-1-7-16(20)14-25-28/h1,4-8,11-12,14H,2-3,9-10,13H2,(H,24,26,27). The molecule has 0 bridgehead atoms. The van der Waals surface area contributed by atoms with Gasteiger partial charge in [0.05, 0.1) is 17.4 Å². The molecule has 2 heterocycles. The van der Waals surface area contributed by atoms with E-state index < -0.39 is 0 Å². The molecule has 140 valence electrons. The number of anilines is 1. The summed E-state index contributed by atoms with van der Waals surface area (Å²) in [6.07, 6.45) is 6.00. The number of fused-ring (bicyclic) bond motifs is 2. The highest BCUT2D eigenvalue weighted by molar-refractivity contribution is 5.79. The van der Waals surface area contributed by atoms with E-state index in [0.29, 0.717) is 12.5 Å². The molecule has 0 saturated heterocycles. The molecule has 1 N–H and O–H groups in total. The molecule has 2 aromatic heterocycles. The van der Waals surface area contributed by atoms with E-state index >= 15 is 0 Å². The molecular weight excluding hydrogens is 353 g/mol. The SMILES string of the molecule is Fc1cccc(CNc2nc(-n3ncc4ccccc43)nc3c2CCCC3)c1. The summed E-state index contributed by atoms with van der Waals surface area (Å²) in [5.41, 5.74) is 4.11. The topological polar surface area (TPSA) is 55.6 Å². The molecule has 0 amide bonds. The molecule has 0 spiro atoms. The molecule has 4 aromatic rings. The Morgan fingerprint density at radius 2 is 1.89 bits per heavy atom. The molecular formula is C22H20FN5. The van der Waals surface area contributed by atoms with Gasteiger partial charge in [-0.1, -0.05) is 30.3 Å². The van der Waals surface area contributed by atoms with E-state index in [1.54, 1.807) is 16.8 Å². The van der Waals surface area contributed by atoms with E-state index in [9.17, 15) is 4.39 Å². The third kappa shape index (κ3) is 3.11. The predicted octanol–water partition coefficient (Wildman–Crippen LogP) is 4.45. The zero-order valence-corrected chi connectivity index (χ0v) is 15.4. The Kier molecular flexibility index (Phi) is 4.24. The van der Waals surface area contributed by atoms with Crippen LogP contribution in [0.3, 0.4) is 0 Å². The summed E-state index contributed by atoms with van der Waals surface area (Å²) in [4.78, 5) is 9.63. The van der Waals surface area contributed by atoms with E-state index in [2.05, 4.69) is 10.4 Å². The van der Waals surface area contributed by atoms with Gasteiger partial charge >= 0.3 is 0 Å². The van der Waals surface area contributed by atoms with Crippen molar-refractivity contribution in [2.75, 3.05) is 5.32 Å². The summed E-state index contributed by atoms with van der Waals surface area (Å²) in [5.74, 6) is 1.17. The summed E-state index contributed by atoms with van der Waals surface area (Å²) >= 11 is 0. The first-order chi connectivity index (χ1) is 13.8. The fourth-order valence-electron chi connectivity index (χ4n) is 3.79. The maximum atomic E-state index is 13.5. The number of nitrogens with one attached hydrogen (secondary N) is 1. The molecule has 1 aliphatic carbocycles. The smallest absolute Gasteiger partial charge is 0.253 e. The van der Waals surface area contributed by atoms with Crippen molar-refractivity contribution in [3.05, 3.63) is 77.4 Å². The first-order valence-corrected chi connectivity index (χ1v) is 9.59. The Hall–Kier alpha value is -3.28. The third-order valence-electron chi connectivity index (χ3n) is 5.19. The number of hydrogen-bond acceptors (Lipinski definition) is 4. The van der Waals surface area contributed by atoms with Crippen LogP contribution in [0.2, 0.25) is 0 Å². The number of hydrogen-bond donors (Lipinski definition) is 1. The van der Waals surface area contributed by atoms with Gasteiger partial charge in [0.2, 0.25) is 0 Å². The first-order valence-electron chi connectivity index (χ1n) is 9.59. The van der Waals surface area contributed by atoms with Gasteiger partial charge in [0.25, 0.3) is 5.95 Å². The van der Waals surface area contributed by atoms with Crippen molar-refractivity contribution in [2.45, 2.75) is 32.2 Å². The molecule has 28 heavy (non-hydrogen) atoms. The Bertz CT molecular complexity index is 1150. The molecule has 2 aromatic carbocycles. The van der Waals surface area contributed by atoms with Crippen LogP contribution in [0.15, 0.2) is 54.7 Å². The van der Waals surface area contributed by atoms with Gasteiger partial charge in [0.1, 0.15) is 11.6 Å². The normalized spacial score (nSPS) is 13.5. The molecule has 0 fully saturated rings. The van der Waals surface area contributed by atoms with Crippen molar-refractivity contribution < 1.29 is 4.39 Å². The maximum absolute atomic E-state index is 13.5. The largest absolute Gasteiger partial charge is 0.366 e. The van der Waals surface area contributed by atoms with Crippen molar-refractivity contribution in [2.24, 2.45) is 0 Å².